The van der Waals surface area contributed by atoms with Crippen molar-refractivity contribution in [2.75, 3.05) is 7.11 Å². The number of methoxy groups -OCH3 is 1. The molecule has 0 fully saturated rings. The molecule has 0 aliphatic heterocycles. The lowest BCUT2D eigenvalue weighted by molar-refractivity contribution is -0.120. The summed E-state index contributed by atoms with van der Waals surface area (Å²) in [7, 11) is 1.64. The third-order valence-corrected chi connectivity index (χ3v) is 5.47. The van der Waals surface area contributed by atoms with Crippen molar-refractivity contribution in [1.82, 2.24) is 14.7 Å². The zero-order chi connectivity index (χ0) is 23.0. The maximum absolute atomic E-state index is 13.0. The first-order valence-electron chi connectivity index (χ1n) is 10.3. The predicted octanol–water partition coefficient (Wildman–Crippen LogP) is 4.93. The molecule has 168 valence electrons. The third kappa shape index (κ3) is 6.60. The van der Waals surface area contributed by atoms with E-state index in [4.69, 9.17) is 9.47 Å². The van der Waals surface area contributed by atoms with Gasteiger partial charge in [0.05, 0.1) is 13.5 Å². The van der Waals surface area contributed by atoms with Crippen molar-refractivity contribution in [3.63, 3.8) is 0 Å². The van der Waals surface area contributed by atoms with Crippen molar-refractivity contribution < 1.29 is 18.7 Å². The van der Waals surface area contributed by atoms with Crippen LogP contribution in [0, 0.1) is 5.82 Å². The molecule has 0 bridgehead atoms. The van der Waals surface area contributed by atoms with Crippen molar-refractivity contribution in [2.24, 2.45) is 0 Å². The smallest absolute Gasteiger partial charge is 0.298 e. The Kier molecular flexibility index (Phi) is 7.26. The zero-order valence-corrected chi connectivity index (χ0v) is 18.8. The number of hydrogen-bond donors (Lipinski definition) is 1. The minimum absolute atomic E-state index is 0.112. The molecule has 0 aliphatic rings. The lowest BCUT2D eigenvalue weighted by Crippen LogP contribution is -2.24. The van der Waals surface area contributed by atoms with Gasteiger partial charge in [-0.25, -0.2) is 4.39 Å². The molecule has 6 nitrogen and oxygen atoms in total. The van der Waals surface area contributed by atoms with E-state index in [1.165, 1.54) is 23.7 Å². The second-order valence-corrected chi connectivity index (χ2v) is 8.05. The molecule has 0 unspecified atom stereocenters. The molecule has 4 rings (SSSR count). The molecule has 0 spiro atoms. The fraction of sp³-hybridized carbons (Fsp3) is 0.160. The van der Waals surface area contributed by atoms with Crippen LogP contribution in [0.3, 0.4) is 0 Å². The molecule has 1 N–H and O–H groups in total. The molecule has 8 heteroatoms. The fourth-order valence-electron chi connectivity index (χ4n) is 3.14. The Morgan fingerprint density at radius 2 is 1.73 bits per heavy atom. The number of aromatic nitrogens is 2. The van der Waals surface area contributed by atoms with Crippen LogP contribution in [0.25, 0.3) is 0 Å². The molecule has 0 saturated carbocycles. The predicted molar refractivity (Wildman–Crippen MR) is 124 cm³/mol. The van der Waals surface area contributed by atoms with Crippen LogP contribution in [0.1, 0.15) is 22.5 Å². The molecule has 1 aromatic heterocycles. The normalized spacial score (nSPS) is 10.6. The number of carbonyl (C=O) groups excluding carboxylic acids is 1. The highest BCUT2D eigenvalue weighted by Crippen LogP contribution is 2.25. The Labute approximate surface area is 195 Å². The molecule has 33 heavy (non-hydrogen) atoms. The van der Waals surface area contributed by atoms with Crippen LogP contribution in [-0.4, -0.2) is 22.4 Å². The van der Waals surface area contributed by atoms with Crippen LogP contribution < -0.4 is 14.8 Å². The van der Waals surface area contributed by atoms with E-state index < -0.39 is 0 Å². The summed E-state index contributed by atoms with van der Waals surface area (Å²) >= 11 is 1.19. The molecule has 0 aliphatic carbocycles. The van der Waals surface area contributed by atoms with Gasteiger partial charge in [-0.05, 0) is 53.1 Å². The largest absolute Gasteiger partial charge is 0.497 e. The molecule has 1 amide bonds. The maximum atomic E-state index is 13.0. The highest BCUT2D eigenvalue weighted by molar-refractivity contribution is 7.07. The highest BCUT2D eigenvalue weighted by atomic mass is 32.1. The van der Waals surface area contributed by atoms with Crippen molar-refractivity contribution >= 4 is 17.4 Å². The molecule has 4 aromatic rings. The number of carbonyl (C=O) groups is 1. The standard InChI is InChI=1S/C25H22FN3O3S/c1-31-22-4-2-3-19(13-22)14-23-28-25(33-29-23)32-21-11-7-17(8-12-21)15-24(30)27-16-18-5-9-20(26)10-6-18/h2-13H,14-16H2,1H3,(H,27,30). The van der Waals surface area contributed by atoms with Crippen LogP contribution >= 0.6 is 11.5 Å². The van der Waals surface area contributed by atoms with Gasteiger partial charge in [0.2, 0.25) is 5.91 Å². The molecular weight excluding hydrogens is 441 g/mol. The zero-order valence-electron chi connectivity index (χ0n) is 18.0. The summed E-state index contributed by atoms with van der Waals surface area (Å²) in [6, 6.07) is 21.1. The Balaban J connectivity index is 1.27. The van der Waals surface area contributed by atoms with Gasteiger partial charge in [0.1, 0.15) is 17.3 Å². The second-order valence-electron chi connectivity index (χ2n) is 7.33. The molecule has 0 atom stereocenters. The van der Waals surface area contributed by atoms with Crippen LogP contribution in [0.5, 0.6) is 16.7 Å². The topological polar surface area (TPSA) is 73.3 Å². The Hall–Kier alpha value is -3.78. The number of nitrogens with zero attached hydrogens (tertiary/aromatic N) is 2. The highest BCUT2D eigenvalue weighted by Gasteiger charge is 2.09. The first-order chi connectivity index (χ1) is 16.1. The SMILES string of the molecule is COc1cccc(Cc2nsc(Oc3ccc(CC(=O)NCc4ccc(F)cc4)cc3)n2)c1. The van der Waals surface area contributed by atoms with E-state index in [1.807, 2.05) is 36.4 Å². The van der Waals surface area contributed by atoms with E-state index in [-0.39, 0.29) is 18.1 Å². The van der Waals surface area contributed by atoms with Crippen LogP contribution in [0.2, 0.25) is 0 Å². The van der Waals surface area contributed by atoms with Gasteiger partial charge in [0.25, 0.3) is 5.19 Å². The summed E-state index contributed by atoms with van der Waals surface area (Å²) in [6.07, 6.45) is 0.827. The van der Waals surface area contributed by atoms with E-state index in [1.54, 1.807) is 31.4 Å². The first kappa shape index (κ1) is 22.4. The third-order valence-electron chi connectivity index (χ3n) is 4.84. The summed E-state index contributed by atoms with van der Waals surface area (Å²) in [6.45, 7) is 0.357. The Morgan fingerprint density at radius 1 is 0.970 bits per heavy atom. The van der Waals surface area contributed by atoms with Gasteiger partial charge < -0.3 is 14.8 Å². The van der Waals surface area contributed by atoms with Gasteiger partial charge in [0, 0.05) is 24.5 Å². The molecule has 3 aromatic carbocycles. The Bertz CT molecular complexity index is 1210. The minimum Gasteiger partial charge on any atom is -0.497 e. The lowest BCUT2D eigenvalue weighted by atomic mass is 10.1. The second kappa shape index (κ2) is 10.7. The van der Waals surface area contributed by atoms with E-state index in [2.05, 4.69) is 14.7 Å². The van der Waals surface area contributed by atoms with Gasteiger partial charge >= 0.3 is 0 Å². The van der Waals surface area contributed by atoms with E-state index >= 15 is 0 Å². The number of halogens is 1. The van der Waals surface area contributed by atoms with Crippen molar-refractivity contribution in [3.05, 3.63) is 101 Å². The summed E-state index contributed by atoms with van der Waals surface area (Å²) in [5.74, 6) is 1.68. The average molecular weight is 464 g/mol. The first-order valence-corrected chi connectivity index (χ1v) is 11.1. The van der Waals surface area contributed by atoms with Crippen LogP contribution in [0.15, 0.2) is 72.8 Å². The number of benzene rings is 3. The fourth-order valence-corrected chi connectivity index (χ4v) is 3.71. The summed E-state index contributed by atoms with van der Waals surface area (Å²) < 4.78 is 28.4. The molecule has 0 radical (unpaired) electrons. The molecular formula is C25H22FN3O3S. The van der Waals surface area contributed by atoms with Gasteiger partial charge in [0.15, 0.2) is 5.82 Å². The summed E-state index contributed by atoms with van der Waals surface area (Å²) in [4.78, 5) is 16.6. The average Bonchev–Trinajstić information content (AvgIpc) is 3.26. The van der Waals surface area contributed by atoms with E-state index in [9.17, 15) is 9.18 Å². The van der Waals surface area contributed by atoms with E-state index in [0.29, 0.717) is 29.7 Å². The minimum atomic E-state index is -0.297. The van der Waals surface area contributed by atoms with Crippen molar-refractivity contribution in [1.29, 1.82) is 0 Å². The summed E-state index contributed by atoms with van der Waals surface area (Å²) in [5, 5.41) is 3.29. The number of hydrogen-bond acceptors (Lipinski definition) is 6. The van der Waals surface area contributed by atoms with Crippen molar-refractivity contribution in [2.45, 2.75) is 19.4 Å². The maximum Gasteiger partial charge on any atom is 0.298 e. The van der Waals surface area contributed by atoms with Crippen LogP contribution in [-0.2, 0) is 24.2 Å². The molecule has 1 heterocycles. The lowest BCUT2D eigenvalue weighted by Gasteiger charge is -2.06. The summed E-state index contributed by atoms with van der Waals surface area (Å²) in [5.41, 5.74) is 2.76. The van der Waals surface area contributed by atoms with Crippen LogP contribution in [0.4, 0.5) is 4.39 Å². The van der Waals surface area contributed by atoms with Gasteiger partial charge in [-0.15, -0.1) is 0 Å². The monoisotopic (exact) mass is 463 g/mol. The molecule has 0 saturated heterocycles. The van der Waals surface area contributed by atoms with Gasteiger partial charge in [-0.1, -0.05) is 36.4 Å². The Morgan fingerprint density at radius 3 is 2.48 bits per heavy atom. The number of amides is 1. The quantitative estimate of drug-likeness (QED) is 0.381. The van der Waals surface area contributed by atoms with Gasteiger partial charge in [-0.2, -0.15) is 9.36 Å². The van der Waals surface area contributed by atoms with E-state index in [0.717, 1.165) is 22.4 Å². The van der Waals surface area contributed by atoms with Gasteiger partial charge in [-0.3, -0.25) is 4.79 Å². The number of nitrogens with one attached hydrogen (secondary N) is 1. The number of ether oxygens (including phenoxy) is 2. The van der Waals surface area contributed by atoms with Crippen molar-refractivity contribution in [3.8, 4) is 16.7 Å². The number of rotatable bonds is 9.